The van der Waals surface area contributed by atoms with E-state index < -0.39 is 0 Å². The second-order valence-electron chi connectivity index (χ2n) is 6.20. The van der Waals surface area contributed by atoms with Crippen molar-refractivity contribution in [2.75, 3.05) is 6.61 Å². The van der Waals surface area contributed by atoms with E-state index in [0.29, 0.717) is 18.4 Å². The van der Waals surface area contributed by atoms with E-state index in [1.165, 1.54) is 0 Å². The zero-order chi connectivity index (χ0) is 13.3. The topological polar surface area (TPSA) is 49.5 Å². The van der Waals surface area contributed by atoms with Crippen molar-refractivity contribution in [2.24, 2.45) is 17.7 Å². The average molecular weight is 242 g/mol. The van der Waals surface area contributed by atoms with Crippen molar-refractivity contribution in [3.05, 3.63) is 0 Å². The summed E-state index contributed by atoms with van der Waals surface area (Å²) >= 11 is 0. The largest absolute Gasteiger partial charge is 0.396 e. The van der Waals surface area contributed by atoms with E-state index in [2.05, 4.69) is 39.6 Å². The van der Waals surface area contributed by atoms with Crippen LogP contribution in [0.3, 0.4) is 0 Å². The Bertz CT molecular complexity index is 259. The minimum absolute atomic E-state index is 0.0445. The maximum absolute atomic E-state index is 9.24. The van der Waals surface area contributed by atoms with Crippen LogP contribution in [0.4, 0.5) is 0 Å². The zero-order valence-corrected chi connectivity index (χ0v) is 12.2. The predicted molar refractivity (Wildman–Crippen MR) is 72.4 cm³/mol. The van der Waals surface area contributed by atoms with E-state index in [4.69, 9.17) is 5.84 Å². The maximum atomic E-state index is 9.24. The normalized spacial score (nSPS) is 43.9. The number of piperidine rings is 1. The van der Waals surface area contributed by atoms with Gasteiger partial charge in [0.15, 0.2) is 0 Å². The van der Waals surface area contributed by atoms with Crippen LogP contribution in [0, 0.1) is 11.8 Å². The second kappa shape index (κ2) is 5.25. The molecule has 0 saturated carbocycles. The van der Waals surface area contributed by atoms with Crippen LogP contribution in [0.2, 0.25) is 0 Å². The lowest BCUT2D eigenvalue weighted by Crippen LogP contribution is -2.69. The zero-order valence-electron chi connectivity index (χ0n) is 12.2. The summed E-state index contributed by atoms with van der Waals surface area (Å²) in [6, 6.07) is 0. The molecule has 0 aromatic rings. The highest BCUT2D eigenvalue weighted by atomic mass is 16.3. The van der Waals surface area contributed by atoms with E-state index in [0.717, 1.165) is 25.7 Å². The lowest BCUT2D eigenvalue weighted by atomic mass is 9.64. The molecule has 1 rings (SSSR count). The van der Waals surface area contributed by atoms with Crippen LogP contribution < -0.4 is 5.84 Å². The third kappa shape index (κ3) is 2.38. The molecule has 1 aliphatic rings. The molecule has 0 bridgehead atoms. The SMILES string of the molecule is CCC1(C)CC(CCO)C(C)C(C)(CC)N1N. The van der Waals surface area contributed by atoms with Gasteiger partial charge in [-0.15, -0.1) is 0 Å². The number of aliphatic hydroxyl groups is 1. The molecular weight excluding hydrogens is 212 g/mol. The standard InChI is InChI=1S/C14H30N2O/c1-6-13(4)10-12(8-9-17)11(3)14(5,7-2)16(13)15/h11-12,17H,6-10,15H2,1-5H3. The van der Waals surface area contributed by atoms with Crippen molar-refractivity contribution in [1.82, 2.24) is 5.01 Å². The van der Waals surface area contributed by atoms with Crippen LogP contribution in [-0.2, 0) is 0 Å². The Balaban J connectivity index is 3.04. The van der Waals surface area contributed by atoms with Crippen molar-refractivity contribution < 1.29 is 5.11 Å². The minimum atomic E-state index is 0.0445. The molecule has 17 heavy (non-hydrogen) atoms. The number of hydrogen-bond donors (Lipinski definition) is 2. The maximum Gasteiger partial charge on any atom is 0.0433 e. The first-order valence-corrected chi connectivity index (χ1v) is 7.01. The number of hydrogen-bond acceptors (Lipinski definition) is 3. The quantitative estimate of drug-likeness (QED) is 0.745. The third-order valence-corrected chi connectivity index (χ3v) is 5.50. The molecule has 0 radical (unpaired) electrons. The summed E-state index contributed by atoms with van der Waals surface area (Å²) in [7, 11) is 0. The Morgan fingerprint density at radius 1 is 1.29 bits per heavy atom. The van der Waals surface area contributed by atoms with Crippen molar-refractivity contribution in [2.45, 2.75) is 71.4 Å². The van der Waals surface area contributed by atoms with Gasteiger partial charge in [0.05, 0.1) is 0 Å². The highest BCUT2D eigenvalue weighted by Crippen LogP contribution is 2.47. The number of rotatable bonds is 4. The van der Waals surface area contributed by atoms with Gasteiger partial charge in [-0.2, -0.15) is 0 Å². The molecule has 0 aromatic carbocycles. The summed E-state index contributed by atoms with van der Waals surface area (Å²) in [6.45, 7) is 11.5. The van der Waals surface area contributed by atoms with Gasteiger partial charge in [-0.05, 0) is 51.4 Å². The Morgan fingerprint density at radius 3 is 2.29 bits per heavy atom. The highest BCUT2D eigenvalue weighted by molar-refractivity contribution is 5.03. The minimum Gasteiger partial charge on any atom is -0.396 e. The Kier molecular flexibility index (Phi) is 4.61. The fourth-order valence-corrected chi connectivity index (χ4v) is 3.51. The van der Waals surface area contributed by atoms with Gasteiger partial charge in [-0.25, -0.2) is 5.01 Å². The summed E-state index contributed by atoms with van der Waals surface area (Å²) < 4.78 is 0. The molecule has 0 amide bonds. The summed E-state index contributed by atoms with van der Waals surface area (Å²) in [5, 5.41) is 11.4. The monoisotopic (exact) mass is 242 g/mol. The fraction of sp³-hybridized carbons (Fsp3) is 1.00. The van der Waals surface area contributed by atoms with E-state index >= 15 is 0 Å². The van der Waals surface area contributed by atoms with E-state index in [-0.39, 0.29) is 11.1 Å². The van der Waals surface area contributed by atoms with Crippen LogP contribution in [0.1, 0.15) is 60.3 Å². The lowest BCUT2D eigenvalue weighted by Gasteiger charge is -2.59. The Morgan fingerprint density at radius 2 is 1.88 bits per heavy atom. The van der Waals surface area contributed by atoms with Crippen LogP contribution in [0.25, 0.3) is 0 Å². The molecule has 3 heteroatoms. The van der Waals surface area contributed by atoms with Gasteiger partial charge in [0.2, 0.25) is 0 Å². The summed E-state index contributed by atoms with van der Waals surface area (Å²) in [5.41, 5.74) is 0.111. The van der Waals surface area contributed by atoms with Crippen molar-refractivity contribution in [3.8, 4) is 0 Å². The molecule has 0 aliphatic carbocycles. The summed E-state index contributed by atoms with van der Waals surface area (Å²) in [4.78, 5) is 0. The van der Waals surface area contributed by atoms with Gasteiger partial charge in [0, 0.05) is 17.7 Å². The molecule has 1 aliphatic heterocycles. The van der Waals surface area contributed by atoms with Crippen LogP contribution in [0.5, 0.6) is 0 Å². The van der Waals surface area contributed by atoms with Crippen molar-refractivity contribution >= 4 is 0 Å². The molecule has 0 spiro atoms. The van der Waals surface area contributed by atoms with Crippen molar-refractivity contribution in [1.29, 1.82) is 0 Å². The van der Waals surface area contributed by atoms with Crippen LogP contribution >= 0.6 is 0 Å². The van der Waals surface area contributed by atoms with E-state index in [1.807, 2.05) is 0 Å². The van der Waals surface area contributed by atoms with Gasteiger partial charge in [-0.3, -0.25) is 5.84 Å². The van der Waals surface area contributed by atoms with Gasteiger partial charge in [-0.1, -0.05) is 20.8 Å². The molecule has 1 fully saturated rings. The Hall–Kier alpha value is -0.120. The smallest absolute Gasteiger partial charge is 0.0433 e. The molecule has 1 heterocycles. The van der Waals surface area contributed by atoms with Gasteiger partial charge < -0.3 is 5.11 Å². The van der Waals surface area contributed by atoms with E-state index in [1.54, 1.807) is 0 Å². The number of aliphatic hydroxyl groups excluding tert-OH is 1. The molecule has 102 valence electrons. The number of nitrogens with two attached hydrogens (primary N) is 1. The third-order valence-electron chi connectivity index (χ3n) is 5.50. The average Bonchev–Trinajstić information content (AvgIpc) is 2.33. The first-order chi connectivity index (χ1) is 7.85. The Labute approximate surface area is 106 Å². The van der Waals surface area contributed by atoms with Crippen LogP contribution in [0.15, 0.2) is 0 Å². The van der Waals surface area contributed by atoms with Gasteiger partial charge in [0.1, 0.15) is 0 Å². The summed E-state index contributed by atoms with van der Waals surface area (Å²) in [6.07, 6.45) is 4.12. The van der Waals surface area contributed by atoms with Gasteiger partial charge >= 0.3 is 0 Å². The molecule has 4 unspecified atom stereocenters. The lowest BCUT2D eigenvalue weighted by molar-refractivity contribution is -0.115. The molecule has 0 aromatic heterocycles. The van der Waals surface area contributed by atoms with E-state index in [9.17, 15) is 5.11 Å². The first kappa shape index (κ1) is 14.9. The molecular formula is C14H30N2O. The number of nitrogens with zero attached hydrogens (tertiary/aromatic N) is 1. The first-order valence-electron chi connectivity index (χ1n) is 7.01. The van der Waals surface area contributed by atoms with Crippen LogP contribution in [-0.4, -0.2) is 27.8 Å². The highest BCUT2D eigenvalue weighted by Gasteiger charge is 2.50. The molecule has 4 atom stereocenters. The van der Waals surface area contributed by atoms with Crippen molar-refractivity contribution in [3.63, 3.8) is 0 Å². The predicted octanol–water partition coefficient (Wildman–Crippen LogP) is 2.54. The fourth-order valence-electron chi connectivity index (χ4n) is 3.51. The molecule has 3 nitrogen and oxygen atoms in total. The van der Waals surface area contributed by atoms with Gasteiger partial charge in [0.25, 0.3) is 0 Å². The number of hydrazine groups is 1. The summed E-state index contributed by atoms with van der Waals surface area (Å²) in [5.74, 6) is 7.54. The molecule has 3 N–H and O–H groups in total. The molecule has 1 saturated heterocycles. The second-order valence-corrected chi connectivity index (χ2v) is 6.20.